The summed E-state index contributed by atoms with van der Waals surface area (Å²) in [6.07, 6.45) is 6.80. The van der Waals surface area contributed by atoms with E-state index in [1.807, 2.05) is 0 Å². The molecule has 0 aliphatic heterocycles. The zero-order valence-electron chi connectivity index (χ0n) is 11.4. The van der Waals surface area contributed by atoms with Gasteiger partial charge in [-0.25, -0.2) is 0 Å². The molecular weight excluding hydrogens is 240 g/mol. The van der Waals surface area contributed by atoms with E-state index in [1.54, 1.807) is 0 Å². The molecule has 2 rings (SSSR count). The molecule has 0 atom stereocenters. The third-order valence-electron chi connectivity index (χ3n) is 3.02. The molecule has 0 spiro atoms. The van der Waals surface area contributed by atoms with Crippen LogP contribution in [0.15, 0.2) is 41.3 Å². The predicted octanol–water partition coefficient (Wildman–Crippen LogP) is 4.26. The molecule has 0 aliphatic carbocycles. The van der Waals surface area contributed by atoms with Crippen molar-refractivity contribution in [1.29, 1.82) is 0 Å². The van der Waals surface area contributed by atoms with E-state index >= 15 is 0 Å². The summed E-state index contributed by atoms with van der Waals surface area (Å²) < 4.78 is 5.73. The zero-order valence-corrected chi connectivity index (χ0v) is 12.2. The van der Waals surface area contributed by atoms with Gasteiger partial charge in [0.25, 0.3) is 0 Å². The average Bonchev–Trinajstić information content (AvgIpc) is 2.38. The monoisotopic (exact) mass is 261 g/mol. The topological polar surface area (TPSA) is 9.23 Å². The van der Waals surface area contributed by atoms with Gasteiger partial charge in [0.2, 0.25) is 0 Å². The highest BCUT2D eigenvalue weighted by molar-refractivity contribution is 7.95. The van der Waals surface area contributed by atoms with Crippen molar-refractivity contribution in [3.05, 3.63) is 36.4 Å². The van der Waals surface area contributed by atoms with E-state index in [9.17, 15) is 0 Å². The maximum absolute atomic E-state index is 5.73. The Morgan fingerprint density at radius 1 is 1.00 bits per heavy atom. The van der Waals surface area contributed by atoms with Crippen LogP contribution in [0.4, 0.5) is 0 Å². The maximum atomic E-state index is 5.73. The first kappa shape index (κ1) is 13.3. The second-order valence-electron chi connectivity index (χ2n) is 4.69. The van der Waals surface area contributed by atoms with E-state index in [0.717, 1.165) is 18.8 Å². The molecule has 0 radical (unpaired) electrons. The van der Waals surface area contributed by atoms with E-state index in [2.05, 4.69) is 55.8 Å². The first-order valence-corrected chi connectivity index (χ1v) is 8.49. The first-order chi connectivity index (χ1) is 8.70. The summed E-state index contributed by atoms with van der Waals surface area (Å²) in [5, 5.41) is 2.56. The Hall–Kier alpha value is -1.15. The van der Waals surface area contributed by atoms with Crippen LogP contribution in [0, 0.1) is 0 Å². The minimum Gasteiger partial charge on any atom is -0.494 e. The van der Waals surface area contributed by atoms with E-state index in [-0.39, 0.29) is 0 Å². The van der Waals surface area contributed by atoms with Crippen LogP contribution in [0.1, 0.15) is 19.8 Å². The number of ether oxygens (including phenoxy) is 1. The third kappa shape index (κ3) is 3.20. The SMILES string of the molecule is CCCCOc1ccc2cc([S+](C)C)ccc2c1. The summed E-state index contributed by atoms with van der Waals surface area (Å²) in [5.41, 5.74) is 0. The van der Waals surface area contributed by atoms with Crippen LogP contribution in [0.3, 0.4) is 0 Å². The molecule has 0 amide bonds. The molecule has 0 saturated heterocycles. The van der Waals surface area contributed by atoms with Crippen molar-refractivity contribution in [2.45, 2.75) is 24.7 Å². The van der Waals surface area contributed by atoms with E-state index in [1.165, 1.54) is 22.1 Å². The number of fused-ring (bicyclic) bond motifs is 1. The second-order valence-corrected chi connectivity index (χ2v) is 6.79. The fraction of sp³-hybridized carbons (Fsp3) is 0.375. The lowest BCUT2D eigenvalue weighted by Crippen LogP contribution is -1.97. The van der Waals surface area contributed by atoms with Crippen molar-refractivity contribution in [3.63, 3.8) is 0 Å². The highest BCUT2D eigenvalue weighted by Crippen LogP contribution is 2.24. The molecular formula is C16H21OS+. The quantitative estimate of drug-likeness (QED) is 0.577. The minimum absolute atomic E-state index is 0.322. The van der Waals surface area contributed by atoms with E-state index in [4.69, 9.17) is 4.74 Å². The Labute approximate surface area is 113 Å². The van der Waals surface area contributed by atoms with Crippen LogP contribution in [0.2, 0.25) is 0 Å². The summed E-state index contributed by atoms with van der Waals surface area (Å²) >= 11 is 0. The van der Waals surface area contributed by atoms with Crippen molar-refractivity contribution in [3.8, 4) is 5.75 Å². The van der Waals surface area contributed by atoms with Crippen molar-refractivity contribution < 1.29 is 4.74 Å². The van der Waals surface area contributed by atoms with Crippen molar-refractivity contribution in [2.24, 2.45) is 0 Å². The molecule has 96 valence electrons. The molecule has 18 heavy (non-hydrogen) atoms. The molecule has 0 unspecified atom stereocenters. The minimum atomic E-state index is 0.322. The predicted molar refractivity (Wildman–Crippen MR) is 81.8 cm³/mol. The van der Waals surface area contributed by atoms with Gasteiger partial charge in [-0.3, -0.25) is 0 Å². The lowest BCUT2D eigenvalue weighted by atomic mass is 10.1. The molecule has 0 saturated carbocycles. The molecule has 0 bridgehead atoms. The van der Waals surface area contributed by atoms with Gasteiger partial charge in [0.1, 0.15) is 18.3 Å². The van der Waals surface area contributed by atoms with Gasteiger partial charge in [0.15, 0.2) is 4.90 Å². The summed E-state index contributed by atoms with van der Waals surface area (Å²) in [6.45, 7) is 2.99. The van der Waals surface area contributed by atoms with Crippen LogP contribution in [0.25, 0.3) is 10.8 Å². The Bertz CT molecular complexity index is 519. The lowest BCUT2D eigenvalue weighted by molar-refractivity contribution is 0.310. The zero-order chi connectivity index (χ0) is 13.0. The van der Waals surface area contributed by atoms with E-state index in [0.29, 0.717) is 10.9 Å². The second kappa shape index (κ2) is 6.14. The summed E-state index contributed by atoms with van der Waals surface area (Å²) in [6, 6.07) is 13.1. The molecule has 0 fully saturated rings. The van der Waals surface area contributed by atoms with Crippen LogP contribution in [-0.2, 0) is 10.9 Å². The van der Waals surface area contributed by atoms with Crippen molar-refractivity contribution in [2.75, 3.05) is 19.1 Å². The third-order valence-corrected chi connectivity index (χ3v) is 4.22. The Morgan fingerprint density at radius 3 is 2.44 bits per heavy atom. The van der Waals surface area contributed by atoms with Gasteiger partial charge >= 0.3 is 0 Å². The van der Waals surface area contributed by atoms with Gasteiger partial charge in [-0.05, 0) is 41.5 Å². The maximum Gasteiger partial charge on any atom is 0.154 e. The lowest BCUT2D eigenvalue weighted by Gasteiger charge is -2.07. The fourth-order valence-corrected chi connectivity index (χ4v) is 2.58. The van der Waals surface area contributed by atoms with Gasteiger partial charge in [-0.2, -0.15) is 0 Å². The van der Waals surface area contributed by atoms with Gasteiger partial charge in [-0.15, -0.1) is 0 Å². The van der Waals surface area contributed by atoms with Crippen molar-refractivity contribution >= 4 is 21.7 Å². The van der Waals surface area contributed by atoms with Crippen LogP contribution in [0.5, 0.6) is 5.75 Å². The molecule has 0 N–H and O–H groups in total. The fourth-order valence-electron chi connectivity index (χ4n) is 1.88. The molecule has 2 aromatic rings. The Morgan fingerprint density at radius 2 is 1.72 bits per heavy atom. The van der Waals surface area contributed by atoms with Crippen LogP contribution < -0.4 is 4.74 Å². The number of benzene rings is 2. The molecule has 2 aromatic carbocycles. The Kier molecular flexibility index (Phi) is 4.54. The van der Waals surface area contributed by atoms with Gasteiger partial charge in [0, 0.05) is 17.0 Å². The van der Waals surface area contributed by atoms with Gasteiger partial charge in [0.05, 0.1) is 6.61 Å². The highest BCUT2D eigenvalue weighted by atomic mass is 32.2. The summed E-state index contributed by atoms with van der Waals surface area (Å²) in [4.78, 5) is 1.42. The van der Waals surface area contributed by atoms with Gasteiger partial charge in [-0.1, -0.05) is 19.4 Å². The smallest absolute Gasteiger partial charge is 0.154 e. The largest absolute Gasteiger partial charge is 0.494 e. The molecule has 2 heteroatoms. The number of unbranched alkanes of at least 4 members (excludes halogenated alkanes) is 1. The van der Waals surface area contributed by atoms with Crippen LogP contribution >= 0.6 is 0 Å². The molecule has 0 aliphatic rings. The summed E-state index contributed by atoms with van der Waals surface area (Å²) in [7, 11) is 0.322. The molecule has 0 heterocycles. The first-order valence-electron chi connectivity index (χ1n) is 6.45. The van der Waals surface area contributed by atoms with Gasteiger partial charge < -0.3 is 4.74 Å². The summed E-state index contributed by atoms with van der Waals surface area (Å²) in [5.74, 6) is 0.982. The highest BCUT2D eigenvalue weighted by Gasteiger charge is 2.08. The molecule has 1 nitrogen and oxygen atoms in total. The number of hydrogen-bond acceptors (Lipinski definition) is 1. The molecule has 0 aromatic heterocycles. The standard InChI is InChI=1S/C16H21OS/c1-4-5-10-17-15-8-6-14-12-16(18(2)3)9-7-13(14)11-15/h6-9,11-12H,4-5,10H2,1-3H3/q+1. The van der Waals surface area contributed by atoms with E-state index < -0.39 is 0 Å². The van der Waals surface area contributed by atoms with Crippen molar-refractivity contribution in [1.82, 2.24) is 0 Å². The number of hydrogen-bond donors (Lipinski definition) is 0. The normalized spacial score (nSPS) is 11.1. The number of rotatable bonds is 5. The Balaban J connectivity index is 2.21. The van der Waals surface area contributed by atoms with Crippen LogP contribution in [-0.4, -0.2) is 19.1 Å². The average molecular weight is 261 g/mol.